The van der Waals surface area contributed by atoms with Gasteiger partial charge in [-0.05, 0) is 81.6 Å². The second kappa shape index (κ2) is 10.9. The molecule has 3 rings (SSSR count). The van der Waals surface area contributed by atoms with Crippen LogP contribution in [0.25, 0.3) is 0 Å². The van der Waals surface area contributed by atoms with Gasteiger partial charge in [0, 0.05) is 32.7 Å². The first-order chi connectivity index (χ1) is 13.2. The quantitative estimate of drug-likeness (QED) is 0.425. The molecule has 3 heterocycles. The SMILES string of the molecule is CN=C(NCCCCN1CCC(C)CC1)NC1CCN(c2cccs2)CC1. The second-order valence-electron chi connectivity index (χ2n) is 8.09. The summed E-state index contributed by atoms with van der Waals surface area (Å²) < 4.78 is 0. The monoisotopic (exact) mass is 391 g/mol. The molecule has 0 aromatic carbocycles. The molecule has 1 aromatic heterocycles. The van der Waals surface area contributed by atoms with E-state index in [0.29, 0.717) is 6.04 Å². The molecule has 27 heavy (non-hydrogen) atoms. The van der Waals surface area contributed by atoms with Gasteiger partial charge in [-0.1, -0.05) is 6.92 Å². The van der Waals surface area contributed by atoms with Gasteiger partial charge >= 0.3 is 0 Å². The largest absolute Gasteiger partial charge is 0.363 e. The lowest BCUT2D eigenvalue weighted by molar-refractivity contribution is 0.189. The number of anilines is 1. The molecular formula is C21H37N5S. The highest BCUT2D eigenvalue weighted by Gasteiger charge is 2.20. The molecular weight excluding hydrogens is 354 g/mol. The zero-order valence-electron chi connectivity index (χ0n) is 17.1. The van der Waals surface area contributed by atoms with Crippen molar-refractivity contribution in [2.75, 3.05) is 51.2 Å². The number of piperidine rings is 2. The third-order valence-corrected chi connectivity index (χ3v) is 6.88. The van der Waals surface area contributed by atoms with Gasteiger partial charge in [0.05, 0.1) is 5.00 Å². The maximum absolute atomic E-state index is 4.42. The van der Waals surface area contributed by atoms with E-state index in [-0.39, 0.29) is 0 Å². The number of rotatable bonds is 7. The predicted molar refractivity (Wildman–Crippen MR) is 118 cm³/mol. The summed E-state index contributed by atoms with van der Waals surface area (Å²) in [7, 11) is 1.88. The van der Waals surface area contributed by atoms with Gasteiger partial charge in [-0.25, -0.2) is 0 Å². The van der Waals surface area contributed by atoms with Gasteiger partial charge < -0.3 is 20.4 Å². The van der Waals surface area contributed by atoms with Crippen LogP contribution in [0.5, 0.6) is 0 Å². The normalized spacial score (nSPS) is 20.8. The molecule has 5 nitrogen and oxygen atoms in total. The lowest BCUT2D eigenvalue weighted by Crippen LogP contribution is -2.48. The van der Waals surface area contributed by atoms with E-state index in [2.05, 4.69) is 49.9 Å². The summed E-state index contributed by atoms with van der Waals surface area (Å²) in [6.45, 7) is 9.49. The van der Waals surface area contributed by atoms with E-state index >= 15 is 0 Å². The first-order valence-corrected chi connectivity index (χ1v) is 11.6. The summed E-state index contributed by atoms with van der Waals surface area (Å²) in [5.41, 5.74) is 0. The van der Waals surface area contributed by atoms with Crippen molar-refractivity contribution in [3.63, 3.8) is 0 Å². The molecule has 6 heteroatoms. The third-order valence-electron chi connectivity index (χ3n) is 5.95. The van der Waals surface area contributed by atoms with Gasteiger partial charge in [0.2, 0.25) is 0 Å². The molecule has 0 radical (unpaired) electrons. The van der Waals surface area contributed by atoms with Gasteiger partial charge in [0.1, 0.15) is 0 Å². The van der Waals surface area contributed by atoms with Gasteiger partial charge in [0.25, 0.3) is 0 Å². The number of nitrogens with one attached hydrogen (secondary N) is 2. The Morgan fingerprint density at radius 2 is 1.93 bits per heavy atom. The van der Waals surface area contributed by atoms with E-state index in [9.17, 15) is 0 Å². The molecule has 0 bridgehead atoms. The Hall–Kier alpha value is -1.27. The summed E-state index contributed by atoms with van der Waals surface area (Å²) in [5, 5.41) is 10.7. The van der Waals surface area contributed by atoms with Crippen molar-refractivity contribution in [3.8, 4) is 0 Å². The third kappa shape index (κ3) is 6.68. The minimum Gasteiger partial charge on any atom is -0.363 e. The van der Waals surface area contributed by atoms with Crippen molar-refractivity contribution in [3.05, 3.63) is 17.5 Å². The summed E-state index contributed by atoms with van der Waals surface area (Å²) in [4.78, 5) is 9.55. The summed E-state index contributed by atoms with van der Waals surface area (Å²) in [6, 6.07) is 4.90. The van der Waals surface area contributed by atoms with Gasteiger partial charge in [-0.15, -0.1) is 11.3 Å². The van der Waals surface area contributed by atoms with Crippen molar-refractivity contribution in [1.82, 2.24) is 15.5 Å². The molecule has 0 amide bonds. The lowest BCUT2D eigenvalue weighted by Gasteiger charge is -2.33. The second-order valence-corrected chi connectivity index (χ2v) is 9.01. The first kappa shape index (κ1) is 20.5. The summed E-state index contributed by atoms with van der Waals surface area (Å²) in [6.07, 6.45) is 7.58. The fraction of sp³-hybridized carbons (Fsp3) is 0.762. The number of hydrogen-bond acceptors (Lipinski definition) is 4. The van der Waals surface area contributed by atoms with E-state index in [1.807, 2.05) is 18.4 Å². The fourth-order valence-corrected chi connectivity index (χ4v) is 4.82. The van der Waals surface area contributed by atoms with E-state index < -0.39 is 0 Å². The predicted octanol–water partition coefficient (Wildman–Crippen LogP) is 3.39. The Labute approximate surface area is 169 Å². The number of guanidine groups is 1. The molecule has 2 aliphatic heterocycles. The van der Waals surface area contributed by atoms with Crippen molar-refractivity contribution >= 4 is 22.3 Å². The van der Waals surface area contributed by atoms with Crippen LogP contribution in [-0.4, -0.2) is 63.2 Å². The Balaban J connectivity index is 1.26. The van der Waals surface area contributed by atoms with Crippen LogP contribution in [-0.2, 0) is 0 Å². The molecule has 2 aliphatic rings. The van der Waals surface area contributed by atoms with Crippen LogP contribution in [0.2, 0.25) is 0 Å². The minimum atomic E-state index is 0.530. The minimum absolute atomic E-state index is 0.530. The van der Waals surface area contributed by atoms with E-state index in [0.717, 1.165) is 31.5 Å². The summed E-state index contributed by atoms with van der Waals surface area (Å²) >= 11 is 1.84. The number of hydrogen-bond donors (Lipinski definition) is 2. The van der Waals surface area contributed by atoms with Crippen molar-refractivity contribution in [1.29, 1.82) is 0 Å². The number of nitrogens with zero attached hydrogens (tertiary/aromatic N) is 3. The lowest BCUT2D eigenvalue weighted by atomic mass is 9.99. The van der Waals surface area contributed by atoms with Crippen molar-refractivity contribution < 1.29 is 0 Å². The summed E-state index contributed by atoms with van der Waals surface area (Å²) in [5.74, 6) is 1.89. The molecule has 0 aliphatic carbocycles. The molecule has 2 fully saturated rings. The number of likely N-dealkylation sites (tertiary alicyclic amines) is 1. The number of unbranched alkanes of at least 4 members (excludes halogenated alkanes) is 1. The average Bonchev–Trinajstić information content (AvgIpc) is 3.23. The highest BCUT2D eigenvalue weighted by molar-refractivity contribution is 7.14. The zero-order valence-corrected chi connectivity index (χ0v) is 17.9. The van der Waals surface area contributed by atoms with Gasteiger partial charge in [0.15, 0.2) is 5.96 Å². The van der Waals surface area contributed by atoms with Crippen LogP contribution >= 0.6 is 11.3 Å². The smallest absolute Gasteiger partial charge is 0.191 e. The van der Waals surface area contributed by atoms with Crippen LogP contribution in [0.15, 0.2) is 22.5 Å². The molecule has 2 saturated heterocycles. The maximum Gasteiger partial charge on any atom is 0.191 e. The molecule has 2 N–H and O–H groups in total. The van der Waals surface area contributed by atoms with Gasteiger partial charge in [-0.3, -0.25) is 4.99 Å². The Bertz CT molecular complexity index is 543. The molecule has 0 unspecified atom stereocenters. The fourth-order valence-electron chi connectivity index (χ4n) is 4.03. The highest BCUT2D eigenvalue weighted by Crippen LogP contribution is 2.24. The average molecular weight is 392 g/mol. The van der Waals surface area contributed by atoms with Crippen molar-refractivity contribution in [2.45, 2.75) is 51.5 Å². The first-order valence-electron chi connectivity index (χ1n) is 10.7. The number of aliphatic imine (C=N–C) groups is 1. The molecule has 0 atom stereocenters. The van der Waals surface area contributed by atoms with Crippen LogP contribution in [0.3, 0.4) is 0 Å². The van der Waals surface area contributed by atoms with E-state index in [1.54, 1.807) is 0 Å². The molecule has 0 spiro atoms. The maximum atomic E-state index is 4.42. The van der Waals surface area contributed by atoms with E-state index in [4.69, 9.17) is 0 Å². The molecule has 0 saturated carbocycles. The highest BCUT2D eigenvalue weighted by atomic mass is 32.1. The van der Waals surface area contributed by atoms with Crippen LogP contribution in [0.4, 0.5) is 5.00 Å². The van der Waals surface area contributed by atoms with Gasteiger partial charge in [-0.2, -0.15) is 0 Å². The van der Waals surface area contributed by atoms with E-state index in [1.165, 1.54) is 63.2 Å². The molecule has 1 aromatic rings. The zero-order chi connectivity index (χ0) is 18.9. The molecule has 152 valence electrons. The number of thiophene rings is 1. The topological polar surface area (TPSA) is 42.9 Å². The van der Waals surface area contributed by atoms with Crippen molar-refractivity contribution in [2.24, 2.45) is 10.9 Å². The standard InChI is InChI=1S/C21H37N5S/c1-18-7-13-25(14-8-18)12-4-3-11-23-21(22-2)24-19-9-15-26(16-10-19)20-6-5-17-27-20/h5-6,17-19H,3-4,7-16H2,1-2H3,(H2,22,23,24). The van der Waals surface area contributed by atoms with Crippen LogP contribution in [0.1, 0.15) is 45.4 Å². The Kier molecular flexibility index (Phi) is 8.27. The van der Waals surface area contributed by atoms with Crippen LogP contribution in [0, 0.1) is 5.92 Å². The Morgan fingerprint density at radius 1 is 1.15 bits per heavy atom. The Morgan fingerprint density at radius 3 is 2.59 bits per heavy atom. The van der Waals surface area contributed by atoms with Crippen LogP contribution < -0.4 is 15.5 Å².